The minimum Gasteiger partial charge on any atom is -0.274 e. The maximum atomic E-state index is 12.1. The van der Waals surface area contributed by atoms with Gasteiger partial charge in [-0.3, -0.25) is 14.5 Å². The Morgan fingerprint density at radius 1 is 1.28 bits per heavy atom. The molecule has 4 heteroatoms. The molecule has 1 aliphatic heterocycles. The first kappa shape index (κ1) is 11.7. The van der Waals surface area contributed by atoms with E-state index in [0.717, 1.165) is 19.3 Å². The van der Waals surface area contributed by atoms with E-state index in [9.17, 15) is 14.9 Å². The quantitative estimate of drug-likeness (QED) is 0.699. The molecule has 3 rings (SSSR count). The van der Waals surface area contributed by atoms with Crippen molar-refractivity contribution in [1.82, 2.24) is 4.90 Å². The Balaban J connectivity index is 1.83. The van der Waals surface area contributed by atoms with Gasteiger partial charge < -0.3 is 0 Å². The Labute approximate surface area is 107 Å². The van der Waals surface area contributed by atoms with Crippen molar-refractivity contribution in [2.24, 2.45) is 17.8 Å². The molecule has 2 atom stereocenters. The van der Waals surface area contributed by atoms with E-state index in [2.05, 4.69) is 13.0 Å². The molecule has 4 nitrogen and oxygen atoms in total. The summed E-state index contributed by atoms with van der Waals surface area (Å²) in [5, 5.41) is 9.50. The van der Waals surface area contributed by atoms with Crippen LogP contribution in [-0.4, -0.2) is 22.3 Å². The topological polar surface area (TPSA) is 61.2 Å². The number of carbonyl (C=O) groups is 2. The number of piperidine rings is 1. The van der Waals surface area contributed by atoms with Gasteiger partial charge in [-0.05, 0) is 38.0 Å². The fraction of sp³-hybridized carbons (Fsp3) is 0.786. The van der Waals surface area contributed by atoms with Crippen LogP contribution in [0.25, 0.3) is 0 Å². The molecule has 0 bridgehead atoms. The molecular formula is C14H18N2O2. The molecule has 0 aromatic carbocycles. The monoisotopic (exact) mass is 246 g/mol. The van der Waals surface area contributed by atoms with Gasteiger partial charge >= 0.3 is 0 Å². The number of nitriles is 1. The minimum atomic E-state index is -0.826. The Hall–Kier alpha value is -1.37. The molecular weight excluding hydrogens is 228 g/mol. The zero-order valence-corrected chi connectivity index (χ0v) is 10.7. The van der Waals surface area contributed by atoms with E-state index in [1.165, 1.54) is 4.90 Å². The van der Waals surface area contributed by atoms with Crippen LogP contribution in [0.2, 0.25) is 0 Å². The van der Waals surface area contributed by atoms with Gasteiger partial charge in [-0.1, -0.05) is 13.3 Å². The van der Waals surface area contributed by atoms with E-state index >= 15 is 0 Å². The third kappa shape index (κ3) is 1.43. The summed E-state index contributed by atoms with van der Waals surface area (Å²) in [5.74, 6) is 0.301. The number of carbonyl (C=O) groups excluding carboxylic acids is 2. The Bertz CT molecular complexity index is 423. The van der Waals surface area contributed by atoms with Crippen LogP contribution in [0, 0.1) is 29.1 Å². The Kier molecular flexibility index (Phi) is 2.48. The summed E-state index contributed by atoms with van der Waals surface area (Å²) >= 11 is 0. The zero-order chi connectivity index (χ0) is 12.9. The first-order valence-electron chi connectivity index (χ1n) is 6.92. The third-order valence-corrected chi connectivity index (χ3v) is 5.01. The van der Waals surface area contributed by atoms with Crippen LogP contribution in [0.15, 0.2) is 0 Å². The van der Waals surface area contributed by atoms with Crippen LogP contribution < -0.4 is 0 Å². The molecule has 1 heterocycles. The van der Waals surface area contributed by atoms with E-state index in [1.807, 2.05) is 0 Å². The summed E-state index contributed by atoms with van der Waals surface area (Å²) < 4.78 is 0. The third-order valence-electron chi connectivity index (χ3n) is 5.01. The van der Waals surface area contributed by atoms with E-state index in [1.54, 1.807) is 0 Å². The summed E-state index contributed by atoms with van der Waals surface area (Å²) in [7, 11) is 0. The van der Waals surface area contributed by atoms with Crippen LogP contribution in [-0.2, 0) is 9.59 Å². The number of likely N-dealkylation sites (tertiary alicyclic amines) is 1. The molecule has 3 fully saturated rings. The van der Waals surface area contributed by atoms with Crippen molar-refractivity contribution in [1.29, 1.82) is 5.26 Å². The molecule has 96 valence electrons. The number of fused-ring (bicyclic) bond motifs is 1. The first-order chi connectivity index (χ1) is 8.63. The van der Waals surface area contributed by atoms with Crippen LogP contribution in [0.5, 0.6) is 0 Å². The average Bonchev–Trinajstić information content (AvgIpc) is 3.15. The fourth-order valence-corrected chi connectivity index (χ4v) is 3.55. The molecule has 0 N–H and O–H groups in total. The van der Waals surface area contributed by atoms with Gasteiger partial charge in [0.15, 0.2) is 0 Å². The molecule has 1 saturated heterocycles. The summed E-state index contributed by atoms with van der Waals surface area (Å²) in [6, 6.07) is 2.29. The molecule has 3 aliphatic rings. The molecule has 18 heavy (non-hydrogen) atoms. The highest BCUT2D eigenvalue weighted by Crippen LogP contribution is 2.51. The van der Waals surface area contributed by atoms with Gasteiger partial charge in [0.05, 0.1) is 17.9 Å². The predicted molar refractivity (Wildman–Crippen MR) is 64.0 cm³/mol. The lowest BCUT2D eigenvalue weighted by Crippen LogP contribution is -2.54. The lowest BCUT2D eigenvalue weighted by atomic mass is 9.75. The summed E-state index contributed by atoms with van der Waals surface area (Å²) in [5.41, 5.74) is -0.826. The summed E-state index contributed by atoms with van der Waals surface area (Å²) in [6.45, 7) is 2.16. The van der Waals surface area contributed by atoms with Gasteiger partial charge in [0.1, 0.15) is 5.54 Å². The highest BCUT2D eigenvalue weighted by Gasteiger charge is 2.63. The van der Waals surface area contributed by atoms with Crippen molar-refractivity contribution in [3.63, 3.8) is 0 Å². The Morgan fingerprint density at radius 2 is 1.83 bits per heavy atom. The zero-order valence-electron chi connectivity index (χ0n) is 10.7. The average molecular weight is 246 g/mol. The van der Waals surface area contributed by atoms with Crippen LogP contribution in [0.1, 0.15) is 45.4 Å². The lowest BCUT2D eigenvalue weighted by Gasteiger charge is -2.40. The van der Waals surface area contributed by atoms with Crippen LogP contribution in [0.3, 0.4) is 0 Å². The molecule has 0 aromatic heterocycles. The van der Waals surface area contributed by atoms with E-state index in [4.69, 9.17) is 0 Å². The maximum absolute atomic E-state index is 12.1. The maximum Gasteiger partial charge on any atom is 0.234 e. The van der Waals surface area contributed by atoms with Crippen molar-refractivity contribution in [2.45, 2.75) is 51.0 Å². The standard InChI is InChI=1S/C14H18N2O2/c1-2-9-3-5-14(8-15,6-4-9)16-12(17)10-7-11(10)13(16)18/h9-11H,2-7H2,1H3. The molecule has 2 amide bonds. The minimum absolute atomic E-state index is 0.0819. The summed E-state index contributed by atoms with van der Waals surface area (Å²) in [4.78, 5) is 25.6. The highest BCUT2D eigenvalue weighted by atomic mass is 16.2. The van der Waals surface area contributed by atoms with Crippen molar-refractivity contribution in [3.8, 4) is 6.07 Å². The molecule has 2 unspecified atom stereocenters. The normalized spacial score (nSPS) is 42.7. The molecule has 0 aromatic rings. The number of amides is 2. The molecule has 2 aliphatic carbocycles. The van der Waals surface area contributed by atoms with Crippen LogP contribution in [0.4, 0.5) is 0 Å². The van der Waals surface area contributed by atoms with Gasteiger partial charge in [-0.15, -0.1) is 0 Å². The largest absolute Gasteiger partial charge is 0.274 e. The Morgan fingerprint density at radius 3 is 2.28 bits per heavy atom. The second kappa shape index (κ2) is 3.81. The first-order valence-corrected chi connectivity index (χ1v) is 6.92. The van der Waals surface area contributed by atoms with Crippen molar-refractivity contribution in [2.75, 3.05) is 0 Å². The van der Waals surface area contributed by atoms with E-state index in [0.29, 0.717) is 25.2 Å². The van der Waals surface area contributed by atoms with Gasteiger partial charge in [0.25, 0.3) is 0 Å². The van der Waals surface area contributed by atoms with Crippen molar-refractivity contribution in [3.05, 3.63) is 0 Å². The van der Waals surface area contributed by atoms with Gasteiger partial charge in [-0.25, -0.2) is 0 Å². The number of hydrogen-bond donors (Lipinski definition) is 0. The number of hydrogen-bond acceptors (Lipinski definition) is 3. The number of imide groups is 1. The van der Waals surface area contributed by atoms with E-state index in [-0.39, 0.29) is 23.7 Å². The number of rotatable bonds is 2. The van der Waals surface area contributed by atoms with Gasteiger partial charge in [0.2, 0.25) is 11.8 Å². The lowest BCUT2D eigenvalue weighted by molar-refractivity contribution is -0.148. The highest BCUT2D eigenvalue weighted by molar-refractivity contribution is 6.09. The van der Waals surface area contributed by atoms with Crippen molar-refractivity contribution >= 4 is 11.8 Å². The second-order valence-electron chi connectivity index (χ2n) is 5.96. The van der Waals surface area contributed by atoms with Gasteiger partial charge in [0, 0.05) is 0 Å². The SMILES string of the molecule is CCC1CCC(C#N)(N2C(=O)C3CC3C2=O)CC1. The molecule has 0 radical (unpaired) electrons. The fourth-order valence-electron chi connectivity index (χ4n) is 3.55. The predicted octanol–water partition coefficient (Wildman–Crippen LogP) is 1.85. The van der Waals surface area contributed by atoms with Crippen molar-refractivity contribution < 1.29 is 9.59 Å². The number of nitrogens with zero attached hydrogens (tertiary/aromatic N) is 2. The molecule has 0 spiro atoms. The van der Waals surface area contributed by atoms with E-state index < -0.39 is 5.54 Å². The smallest absolute Gasteiger partial charge is 0.234 e. The van der Waals surface area contributed by atoms with Crippen LogP contribution >= 0.6 is 0 Å². The summed E-state index contributed by atoms with van der Waals surface area (Å²) in [6.07, 6.45) is 5.08. The molecule has 2 saturated carbocycles. The second-order valence-corrected chi connectivity index (χ2v) is 5.96. The van der Waals surface area contributed by atoms with Gasteiger partial charge in [-0.2, -0.15) is 5.26 Å².